The molecule has 6 heteroatoms. The highest BCUT2D eigenvalue weighted by Gasteiger charge is 2.24. The molecule has 0 aliphatic heterocycles. The van der Waals surface area contributed by atoms with Crippen molar-refractivity contribution >= 4 is 27.5 Å². The zero-order valence-corrected chi connectivity index (χ0v) is 8.89. The van der Waals surface area contributed by atoms with Crippen molar-refractivity contribution in [2.75, 3.05) is 5.01 Å². The van der Waals surface area contributed by atoms with E-state index in [0.29, 0.717) is 9.48 Å². The number of nitrogens with zero attached hydrogens (tertiary/aromatic N) is 2. The highest BCUT2D eigenvalue weighted by atomic mass is 79.9. The molecular formula is C8H7BrN2O3. The molecule has 14 heavy (non-hydrogen) atoms. The lowest BCUT2D eigenvalue weighted by atomic mass is 10.3. The molecule has 0 atom stereocenters. The van der Waals surface area contributed by atoms with E-state index < -0.39 is 10.9 Å². The first-order valence-electron chi connectivity index (χ1n) is 3.73. The number of benzene rings is 1. The third-order valence-corrected chi connectivity index (χ3v) is 2.21. The minimum absolute atomic E-state index is 0.227. The molecule has 74 valence electrons. The number of hydrogen-bond acceptors (Lipinski definition) is 3. The van der Waals surface area contributed by atoms with Crippen molar-refractivity contribution in [3.05, 3.63) is 38.9 Å². The molecule has 0 aliphatic rings. The lowest BCUT2D eigenvalue weighted by molar-refractivity contribution is -0.483. The molecule has 1 aromatic carbocycles. The minimum atomic E-state index is -0.748. The van der Waals surface area contributed by atoms with E-state index in [4.69, 9.17) is 0 Å². The average Bonchev–Trinajstić information content (AvgIpc) is 2.07. The van der Waals surface area contributed by atoms with Crippen LogP contribution in [0.3, 0.4) is 0 Å². The first kappa shape index (κ1) is 10.6. The molecule has 1 aromatic rings. The van der Waals surface area contributed by atoms with Crippen LogP contribution >= 0.6 is 15.9 Å². The van der Waals surface area contributed by atoms with Crippen molar-refractivity contribution < 1.29 is 9.83 Å². The van der Waals surface area contributed by atoms with Crippen LogP contribution in [0.4, 0.5) is 5.69 Å². The van der Waals surface area contributed by atoms with Gasteiger partial charge in [0.15, 0.2) is 5.03 Å². The fraction of sp³-hybridized carbons (Fsp3) is 0.125. The summed E-state index contributed by atoms with van der Waals surface area (Å²) in [4.78, 5) is 21.6. The number of nitro groups is 1. The second-order valence-corrected chi connectivity index (χ2v) is 3.37. The Hall–Kier alpha value is -1.43. The van der Waals surface area contributed by atoms with E-state index in [1.165, 1.54) is 6.07 Å². The summed E-state index contributed by atoms with van der Waals surface area (Å²) in [6, 6.07) is 6.47. The van der Waals surface area contributed by atoms with Crippen molar-refractivity contribution in [1.29, 1.82) is 0 Å². The monoisotopic (exact) mass is 258 g/mol. The normalized spacial score (nSPS) is 9.57. The van der Waals surface area contributed by atoms with Gasteiger partial charge in [-0.25, -0.2) is 10.1 Å². The van der Waals surface area contributed by atoms with E-state index in [1.54, 1.807) is 18.2 Å². The van der Waals surface area contributed by atoms with Gasteiger partial charge in [0.1, 0.15) is 5.69 Å². The summed E-state index contributed by atoms with van der Waals surface area (Å²) in [6.45, 7) is 1.14. The van der Waals surface area contributed by atoms with Crippen molar-refractivity contribution in [2.45, 2.75) is 6.92 Å². The molecule has 0 fully saturated rings. The Morgan fingerprint density at radius 3 is 2.50 bits per heavy atom. The lowest BCUT2D eigenvalue weighted by Gasteiger charge is -2.10. The number of carbonyl (C=O) groups excluding carboxylic acids is 1. The first-order chi connectivity index (χ1) is 6.54. The fourth-order valence-corrected chi connectivity index (χ4v) is 1.45. The summed E-state index contributed by atoms with van der Waals surface area (Å²) < 4.78 is 0.506. The molecule has 0 unspecified atom stereocenters. The van der Waals surface area contributed by atoms with Gasteiger partial charge in [0, 0.05) is 11.4 Å². The molecule has 0 saturated heterocycles. The number of carbonyl (C=O) groups is 1. The van der Waals surface area contributed by atoms with E-state index in [2.05, 4.69) is 15.9 Å². The molecule has 0 spiro atoms. The molecule has 1 amide bonds. The molecule has 0 N–H and O–H groups in total. The first-order valence-corrected chi connectivity index (χ1v) is 4.53. The fourth-order valence-electron chi connectivity index (χ4n) is 0.996. The molecule has 1 rings (SSSR count). The lowest BCUT2D eigenvalue weighted by Crippen LogP contribution is -2.34. The van der Waals surface area contributed by atoms with Gasteiger partial charge in [-0.15, -0.1) is 0 Å². The maximum atomic E-state index is 11.0. The van der Waals surface area contributed by atoms with Gasteiger partial charge >= 0.3 is 0 Å². The van der Waals surface area contributed by atoms with E-state index in [1.807, 2.05) is 0 Å². The summed E-state index contributed by atoms with van der Waals surface area (Å²) >= 11 is 3.14. The van der Waals surface area contributed by atoms with Crippen LogP contribution in [0.2, 0.25) is 0 Å². The second kappa shape index (κ2) is 4.19. The number of anilines is 1. The molecule has 5 nitrogen and oxygen atoms in total. The van der Waals surface area contributed by atoms with Crippen LogP contribution in [0, 0.1) is 10.1 Å². The van der Waals surface area contributed by atoms with Gasteiger partial charge in [0.25, 0.3) is 5.91 Å². The standard InChI is InChI=1S/C8H7BrN2O3/c1-6(12)10(11(13)14)8-5-3-2-4-7(8)9/h2-5H,1H3. The highest BCUT2D eigenvalue weighted by molar-refractivity contribution is 9.10. The van der Waals surface area contributed by atoms with Gasteiger partial charge in [-0.2, -0.15) is 0 Å². The maximum Gasteiger partial charge on any atom is 0.286 e. The van der Waals surface area contributed by atoms with E-state index in [9.17, 15) is 14.9 Å². The second-order valence-electron chi connectivity index (χ2n) is 2.52. The van der Waals surface area contributed by atoms with Gasteiger partial charge in [-0.1, -0.05) is 12.1 Å². The van der Waals surface area contributed by atoms with Crippen LogP contribution in [0.25, 0.3) is 0 Å². The Labute approximate surface area is 88.6 Å². The number of rotatable bonds is 2. The number of hydrazine groups is 1. The predicted molar refractivity (Wildman–Crippen MR) is 54.3 cm³/mol. The zero-order chi connectivity index (χ0) is 10.7. The number of halogens is 1. The summed E-state index contributed by atoms with van der Waals surface area (Å²) in [7, 11) is 0. The van der Waals surface area contributed by atoms with E-state index >= 15 is 0 Å². The maximum absolute atomic E-state index is 11.0. The third-order valence-electron chi connectivity index (χ3n) is 1.54. The van der Waals surface area contributed by atoms with Crippen molar-refractivity contribution in [2.24, 2.45) is 0 Å². The molecule has 0 aromatic heterocycles. The Kier molecular flexibility index (Phi) is 3.19. The largest absolute Gasteiger partial charge is 0.286 e. The summed E-state index contributed by atoms with van der Waals surface area (Å²) in [5, 5.41) is 10.3. The Morgan fingerprint density at radius 1 is 1.50 bits per heavy atom. The number of hydrogen-bond donors (Lipinski definition) is 0. The number of amides is 1. The van der Waals surface area contributed by atoms with Crippen LogP contribution in [-0.4, -0.2) is 10.9 Å². The molecular weight excluding hydrogens is 252 g/mol. The molecule has 0 heterocycles. The van der Waals surface area contributed by atoms with Gasteiger partial charge in [-0.3, -0.25) is 4.79 Å². The third kappa shape index (κ3) is 2.08. The Bertz CT molecular complexity index is 367. The van der Waals surface area contributed by atoms with Crippen molar-refractivity contribution in [1.82, 2.24) is 0 Å². The summed E-state index contributed by atoms with van der Waals surface area (Å²) in [5.74, 6) is -0.637. The summed E-state index contributed by atoms with van der Waals surface area (Å²) in [6.07, 6.45) is 0. The molecule has 0 saturated carbocycles. The highest BCUT2D eigenvalue weighted by Crippen LogP contribution is 2.25. The van der Waals surface area contributed by atoms with Gasteiger partial charge in [0.2, 0.25) is 0 Å². The van der Waals surface area contributed by atoms with Gasteiger partial charge in [0.05, 0.1) is 0 Å². The van der Waals surface area contributed by atoms with E-state index in [0.717, 1.165) is 6.92 Å². The topological polar surface area (TPSA) is 63.5 Å². The van der Waals surface area contributed by atoms with Crippen LogP contribution < -0.4 is 5.01 Å². The summed E-state index contributed by atoms with van der Waals surface area (Å²) in [5.41, 5.74) is 0.227. The number of para-hydroxylation sites is 1. The Morgan fingerprint density at radius 2 is 2.07 bits per heavy atom. The van der Waals surface area contributed by atoms with E-state index in [-0.39, 0.29) is 5.69 Å². The molecule has 0 radical (unpaired) electrons. The van der Waals surface area contributed by atoms with Crippen LogP contribution in [0.5, 0.6) is 0 Å². The van der Waals surface area contributed by atoms with Crippen molar-refractivity contribution in [3.8, 4) is 0 Å². The van der Waals surface area contributed by atoms with Crippen molar-refractivity contribution in [3.63, 3.8) is 0 Å². The zero-order valence-electron chi connectivity index (χ0n) is 7.31. The molecule has 0 aliphatic carbocycles. The van der Waals surface area contributed by atoms with Crippen LogP contribution in [-0.2, 0) is 4.79 Å². The Balaban J connectivity index is 3.18. The van der Waals surface area contributed by atoms with Crippen LogP contribution in [0.1, 0.15) is 6.92 Å². The SMILES string of the molecule is CC(=O)N(c1ccccc1Br)[N+](=O)[O-]. The molecule has 0 bridgehead atoms. The van der Waals surface area contributed by atoms with Gasteiger partial charge < -0.3 is 0 Å². The predicted octanol–water partition coefficient (Wildman–Crippen LogP) is 1.99. The van der Waals surface area contributed by atoms with Crippen LogP contribution in [0.15, 0.2) is 28.7 Å². The van der Waals surface area contributed by atoms with Gasteiger partial charge in [-0.05, 0) is 33.1 Å². The smallest absolute Gasteiger partial charge is 0.269 e. The average molecular weight is 259 g/mol. The minimum Gasteiger partial charge on any atom is -0.269 e. The quantitative estimate of drug-likeness (QED) is 0.602.